The van der Waals surface area contributed by atoms with Crippen molar-refractivity contribution >= 4 is 23.7 Å². The van der Waals surface area contributed by atoms with Gasteiger partial charge in [-0.2, -0.15) is 11.8 Å². The number of ether oxygens (including phenoxy) is 1. The van der Waals surface area contributed by atoms with Gasteiger partial charge in [-0.25, -0.2) is 4.79 Å². The molecule has 0 aromatic carbocycles. The normalized spacial score (nSPS) is 10.6. The number of hydrogen-bond acceptors (Lipinski definition) is 4. The Labute approximate surface area is 159 Å². The van der Waals surface area contributed by atoms with Crippen molar-refractivity contribution in [3.8, 4) is 0 Å². The van der Waals surface area contributed by atoms with Crippen LogP contribution in [-0.4, -0.2) is 23.4 Å². The molecule has 0 aliphatic carbocycles. The first-order valence-corrected chi connectivity index (χ1v) is 11.2. The van der Waals surface area contributed by atoms with E-state index >= 15 is 0 Å². The van der Waals surface area contributed by atoms with Crippen LogP contribution in [0, 0.1) is 0 Å². The minimum atomic E-state index is -0.615. The van der Waals surface area contributed by atoms with Gasteiger partial charge in [-0.1, -0.05) is 84.1 Å². The molecule has 0 saturated heterocycles. The number of carbonyl (C=O) groups is 2. The quantitative estimate of drug-likeness (QED) is 0.128. The van der Waals surface area contributed by atoms with Crippen molar-refractivity contribution in [3.63, 3.8) is 0 Å². The van der Waals surface area contributed by atoms with E-state index in [0.29, 0.717) is 6.42 Å². The fourth-order valence-corrected chi connectivity index (χ4v) is 3.47. The first kappa shape index (κ1) is 24.2. The van der Waals surface area contributed by atoms with Gasteiger partial charge in [0.2, 0.25) is 0 Å². The summed E-state index contributed by atoms with van der Waals surface area (Å²) < 4.78 is 4.64. The number of thioether (sulfide) groups is 1. The van der Waals surface area contributed by atoms with Gasteiger partial charge in [-0.05, 0) is 19.1 Å². The molecule has 0 aromatic heterocycles. The summed E-state index contributed by atoms with van der Waals surface area (Å²) in [6, 6.07) is 0. The average Bonchev–Trinajstić information content (AvgIpc) is 2.58. The van der Waals surface area contributed by atoms with Crippen LogP contribution in [0.25, 0.3) is 0 Å². The molecule has 0 saturated carbocycles. The fraction of sp³-hybridized carbons (Fsp3) is 0.810. The van der Waals surface area contributed by atoms with Crippen LogP contribution in [-0.2, 0) is 14.3 Å². The van der Waals surface area contributed by atoms with E-state index < -0.39 is 11.9 Å². The molecule has 0 unspecified atom stereocenters. The van der Waals surface area contributed by atoms with E-state index in [0.717, 1.165) is 11.5 Å². The number of unbranched alkanes of at least 4 members (excludes halogenated alkanes) is 11. The van der Waals surface area contributed by atoms with Crippen LogP contribution in [0.15, 0.2) is 12.2 Å². The molecule has 3 nitrogen and oxygen atoms in total. The lowest BCUT2D eigenvalue weighted by atomic mass is 10.1. The van der Waals surface area contributed by atoms with E-state index in [-0.39, 0.29) is 5.57 Å². The van der Waals surface area contributed by atoms with Gasteiger partial charge >= 0.3 is 11.9 Å². The van der Waals surface area contributed by atoms with E-state index in [1.165, 1.54) is 84.0 Å². The smallest absolute Gasteiger partial charge is 0.340 e. The Morgan fingerprint density at radius 2 is 1.28 bits per heavy atom. The summed E-state index contributed by atoms with van der Waals surface area (Å²) in [5, 5.41) is 0. The zero-order chi connectivity index (χ0) is 18.8. The van der Waals surface area contributed by atoms with Crippen LogP contribution in [0.1, 0.15) is 97.3 Å². The SMILES string of the molecule is C=C(C)C(=O)OC(=O)CCSCCCCCCCCCCCCCC. The number of hydrogen-bond donors (Lipinski definition) is 0. The van der Waals surface area contributed by atoms with Gasteiger partial charge in [-0.3, -0.25) is 4.79 Å². The molecule has 0 atom stereocenters. The largest absolute Gasteiger partial charge is 0.390 e. The predicted molar refractivity (Wildman–Crippen MR) is 109 cm³/mol. The monoisotopic (exact) mass is 370 g/mol. The highest BCUT2D eigenvalue weighted by Crippen LogP contribution is 2.13. The van der Waals surface area contributed by atoms with Crippen molar-refractivity contribution < 1.29 is 14.3 Å². The molecule has 0 spiro atoms. The molecule has 0 bridgehead atoms. The molecule has 0 heterocycles. The second kappa shape index (κ2) is 18.0. The lowest BCUT2D eigenvalue weighted by Crippen LogP contribution is -2.13. The summed E-state index contributed by atoms with van der Waals surface area (Å²) in [7, 11) is 0. The number of esters is 2. The first-order valence-electron chi connectivity index (χ1n) is 10.1. The van der Waals surface area contributed by atoms with Crippen LogP contribution in [0.2, 0.25) is 0 Å². The lowest BCUT2D eigenvalue weighted by molar-refractivity contribution is -0.156. The molecule has 0 radical (unpaired) electrons. The zero-order valence-electron chi connectivity index (χ0n) is 16.4. The first-order chi connectivity index (χ1) is 12.1. The van der Waals surface area contributed by atoms with Gasteiger partial charge in [0.05, 0.1) is 6.42 Å². The summed E-state index contributed by atoms with van der Waals surface area (Å²) >= 11 is 1.76. The van der Waals surface area contributed by atoms with Crippen LogP contribution in [0.3, 0.4) is 0 Å². The van der Waals surface area contributed by atoms with Crippen LogP contribution in [0.5, 0.6) is 0 Å². The van der Waals surface area contributed by atoms with Gasteiger partial charge in [-0.15, -0.1) is 0 Å². The third kappa shape index (κ3) is 17.8. The minimum Gasteiger partial charge on any atom is -0.390 e. The van der Waals surface area contributed by atoms with Crippen molar-refractivity contribution in [3.05, 3.63) is 12.2 Å². The molecule has 0 amide bonds. The van der Waals surface area contributed by atoms with Crippen molar-refractivity contribution in [2.24, 2.45) is 0 Å². The number of rotatable bonds is 17. The molecule has 0 fully saturated rings. The molecular formula is C21H38O3S. The van der Waals surface area contributed by atoms with E-state index in [1.54, 1.807) is 11.8 Å². The maximum Gasteiger partial charge on any atom is 0.340 e. The standard InChI is InChI=1S/C21H38O3S/c1-4-5-6-7-8-9-10-11-12-13-14-15-17-25-18-16-20(22)24-21(23)19(2)3/h2,4-18H2,1,3H3. The Morgan fingerprint density at radius 1 is 0.800 bits per heavy atom. The molecule has 0 aromatic rings. The summed E-state index contributed by atoms with van der Waals surface area (Å²) in [4.78, 5) is 22.6. The number of carbonyl (C=O) groups excluding carboxylic acids is 2. The molecule has 25 heavy (non-hydrogen) atoms. The highest BCUT2D eigenvalue weighted by atomic mass is 32.2. The Bertz CT molecular complexity index is 366. The van der Waals surface area contributed by atoms with Crippen molar-refractivity contribution in [1.82, 2.24) is 0 Å². The zero-order valence-corrected chi connectivity index (χ0v) is 17.3. The topological polar surface area (TPSA) is 43.4 Å². The second-order valence-electron chi connectivity index (χ2n) is 6.79. The molecular weight excluding hydrogens is 332 g/mol. The van der Waals surface area contributed by atoms with Crippen LogP contribution in [0.4, 0.5) is 0 Å². The third-order valence-corrected chi connectivity index (χ3v) is 5.22. The van der Waals surface area contributed by atoms with Crippen molar-refractivity contribution in [1.29, 1.82) is 0 Å². The van der Waals surface area contributed by atoms with E-state index in [1.807, 2.05) is 0 Å². The van der Waals surface area contributed by atoms with Crippen molar-refractivity contribution in [2.75, 3.05) is 11.5 Å². The molecule has 146 valence electrons. The van der Waals surface area contributed by atoms with Gasteiger partial charge in [0.15, 0.2) is 0 Å². The Morgan fingerprint density at radius 3 is 1.76 bits per heavy atom. The van der Waals surface area contributed by atoms with E-state index in [4.69, 9.17) is 0 Å². The lowest BCUT2D eigenvalue weighted by Gasteiger charge is -2.04. The third-order valence-electron chi connectivity index (χ3n) is 4.15. The Kier molecular flexibility index (Phi) is 17.5. The summed E-state index contributed by atoms with van der Waals surface area (Å²) in [5.74, 6) is 0.741. The molecule has 0 rings (SSSR count). The van der Waals surface area contributed by atoms with Crippen molar-refractivity contribution in [2.45, 2.75) is 97.3 Å². The van der Waals surface area contributed by atoms with E-state index in [9.17, 15) is 9.59 Å². The Hall–Kier alpha value is -0.770. The predicted octanol–water partition coefficient (Wildman–Crippen LogP) is 6.46. The molecule has 0 N–H and O–H groups in total. The van der Waals surface area contributed by atoms with Crippen LogP contribution < -0.4 is 0 Å². The minimum absolute atomic E-state index is 0.262. The summed E-state index contributed by atoms with van der Waals surface area (Å²) in [6.07, 6.45) is 16.6. The molecule has 4 heteroatoms. The highest BCUT2D eigenvalue weighted by molar-refractivity contribution is 7.99. The van der Waals surface area contributed by atoms with E-state index in [2.05, 4.69) is 18.2 Å². The average molecular weight is 371 g/mol. The highest BCUT2D eigenvalue weighted by Gasteiger charge is 2.10. The summed E-state index contributed by atoms with van der Waals surface area (Å²) in [6.45, 7) is 7.26. The van der Waals surface area contributed by atoms with Gasteiger partial charge < -0.3 is 4.74 Å². The molecule has 0 aliphatic heterocycles. The van der Waals surface area contributed by atoms with Gasteiger partial charge in [0, 0.05) is 11.3 Å². The Balaban J connectivity index is 3.20. The maximum absolute atomic E-state index is 11.4. The van der Waals surface area contributed by atoms with Gasteiger partial charge in [0.1, 0.15) is 0 Å². The summed E-state index contributed by atoms with van der Waals surface area (Å²) in [5.41, 5.74) is 0.262. The van der Waals surface area contributed by atoms with Gasteiger partial charge in [0.25, 0.3) is 0 Å². The van der Waals surface area contributed by atoms with Crippen LogP contribution >= 0.6 is 11.8 Å². The maximum atomic E-state index is 11.4. The molecule has 0 aliphatic rings. The second-order valence-corrected chi connectivity index (χ2v) is 8.02. The fourth-order valence-electron chi connectivity index (χ4n) is 2.54.